The molecule has 1 aliphatic rings. The van der Waals surface area contributed by atoms with Gasteiger partial charge in [0.05, 0.1) is 6.10 Å². The van der Waals surface area contributed by atoms with Crippen LogP contribution >= 0.6 is 0 Å². The number of carbonyl (C=O) groups excluding carboxylic acids is 2. The molecule has 5 heteroatoms. The summed E-state index contributed by atoms with van der Waals surface area (Å²) in [7, 11) is 3.97. The highest BCUT2D eigenvalue weighted by Crippen LogP contribution is 2.19. The maximum atomic E-state index is 12.1. The van der Waals surface area contributed by atoms with Crippen molar-refractivity contribution >= 4 is 11.7 Å². The van der Waals surface area contributed by atoms with E-state index in [2.05, 4.69) is 31.0 Å². The van der Waals surface area contributed by atoms with Crippen LogP contribution in [0.15, 0.2) is 0 Å². The Kier molecular flexibility index (Phi) is 7.32. The first-order valence-electron chi connectivity index (χ1n) is 7.93. The largest absolute Gasteiger partial charge is 0.368 e. The quantitative estimate of drug-likeness (QED) is 0.737. The van der Waals surface area contributed by atoms with Gasteiger partial charge in [-0.15, -0.1) is 0 Å². The second kappa shape index (κ2) is 8.49. The van der Waals surface area contributed by atoms with Crippen LogP contribution in [0.2, 0.25) is 0 Å². The molecule has 1 aliphatic heterocycles. The van der Waals surface area contributed by atoms with Gasteiger partial charge in [-0.25, -0.2) is 0 Å². The topological polar surface area (TPSA) is 58.6 Å². The van der Waals surface area contributed by atoms with Gasteiger partial charge in [0.2, 0.25) is 5.91 Å². The number of ketones is 1. The summed E-state index contributed by atoms with van der Waals surface area (Å²) in [6, 6.07) is -0.471. The van der Waals surface area contributed by atoms with Crippen LogP contribution in [0, 0.1) is 11.8 Å². The van der Waals surface area contributed by atoms with Crippen molar-refractivity contribution in [3.05, 3.63) is 0 Å². The molecule has 1 amide bonds. The molecule has 0 aromatic heterocycles. The average Bonchev–Trinajstić information content (AvgIpc) is 2.76. The van der Waals surface area contributed by atoms with Crippen LogP contribution in [0.5, 0.6) is 0 Å². The van der Waals surface area contributed by atoms with Crippen molar-refractivity contribution in [3.8, 4) is 0 Å². The normalized spacial score (nSPS) is 25.1. The average molecular weight is 298 g/mol. The van der Waals surface area contributed by atoms with Gasteiger partial charge in [-0.2, -0.15) is 0 Å². The molecule has 1 heterocycles. The lowest BCUT2D eigenvalue weighted by atomic mass is 9.90. The van der Waals surface area contributed by atoms with E-state index in [1.165, 1.54) is 0 Å². The molecule has 0 spiro atoms. The zero-order valence-corrected chi connectivity index (χ0v) is 14.0. The molecule has 0 bridgehead atoms. The van der Waals surface area contributed by atoms with Crippen LogP contribution in [0.3, 0.4) is 0 Å². The van der Waals surface area contributed by atoms with Crippen molar-refractivity contribution in [3.63, 3.8) is 0 Å². The van der Waals surface area contributed by atoms with Crippen molar-refractivity contribution in [2.75, 3.05) is 27.2 Å². The Morgan fingerprint density at radius 2 is 2.05 bits per heavy atom. The molecule has 0 aliphatic carbocycles. The highest BCUT2D eigenvalue weighted by Gasteiger charge is 2.36. The number of nitrogens with one attached hydrogen (secondary N) is 1. The van der Waals surface area contributed by atoms with E-state index in [1.54, 1.807) is 0 Å². The van der Waals surface area contributed by atoms with Gasteiger partial charge in [-0.3, -0.25) is 9.59 Å². The Morgan fingerprint density at radius 3 is 2.62 bits per heavy atom. The third-order valence-electron chi connectivity index (χ3n) is 4.46. The first-order valence-corrected chi connectivity index (χ1v) is 7.93. The van der Waals surface area contributed by atoms with Gasteiger partial charge in [0.1, 0.15) is 12.6 Å². The van der Waals surface area contributed by atoms with Crippen LogP contribution in [0.1, 0.15) is 40.0 Å². The monoisotopic (exact) mass is 298 g/mol. The summed E-state index contributed by atoms with van der Waals surface area (Å²) < 4.78 is 5.51. The van der Waals surface area contributed by atoms with Crippen molar-refractivity contribution in [2.45, 2.75) is 52.2 Å². The van der Waals surface area contributed by atoms with E-state index < -0.39 is 6.04 Å². The summed E-state index contributed by atoms with van der Waals surface area (Å²) in [6.45, 7) is 7.33. The molecule has 0 aromatic carbocycles. The fraction of sp³-hybridized carbons (Fsp3) is 0.875. The molecule has 1 rings (SSSR count). The maximum absolute atomic E-state index is 12.1. The van der Waals surface area contributed by atoms with Gasteiger partial charge in [0.25, 0.3) is 0 Å². The fourth-order valence-corrected chi connectivity index (χ4v) is 2.52. The Morgan fingerprint density at radius 1 is 1.38 bits per heavy atom. The number of hydrogen-bond acceptors (Lipinski definition) is 4. The van der Waals surface area contributed by atoms with E-state index in [-0.39, 0.29) is 24.4 Å². The third-order valence-corrected chi connectivity index (χ3v) is 4.46. The predicted octanol–water partition coefficient (Wildman–Crippen LogP) is 1.46. The Balaban J connectivity index is 2.49. The van der Waals surface area contributed by atoms with Crippen molar-refractivity contribution in [2.24, 2.45) is 11.8 Å². The maximum Gasteiger partial charge on any atom is 0.220 e. The minimum Gasteiger partial charge on any atom is -0.368 e. The molecular formula is C16H30N2O3. The molecule has 0 saturated carbocycles. The van der Waals surface area contributed by atoms with Crippen LogP contribution in [-0.2, 0) is 14.3 Å². The third kappa shape index (κ3) is 5.75. The summed E-state index contributed by atoms with van der Waals surface area (Å²) in [6.07, 6.45) is 2.09. The minimum atomic E-state index is -0.471. The van der Waals surface area contributed by atoms with Crippen LogP contribution < -0.4 is 5.32 Å². The standard InChI is InChI=1S/C16H30N2O3/c1-6-11(2)12(3)9-15(20)17-16-13(19)10-21-14(16)7-8-18(4)5/h11-12,14,16H,6-10H2,1-5H3,(H,17,20). The van der Waals surface area contributed by atoms with Crippen molar-refractivity contribution in [1.82, 2.24) is 10.2 Å². The number of Topliss-reactive ketones (excluding diaryl/α,β-unsaturated/α-hetero) is 1. The molecule has 0 radical (unpaired) electrons. The Labute approximate surface area is 128 Å². The number of ether oxygens (including phenoxy) is 1. The Hall–Kier alpha value is -0.940. The number of nitrogens with zero attached hydrogens (tertiary/aromatic N) is 1. The Bertz CT molecular complexity index is 357. The smallest absolute Gasteiger partial charge is 0.220 e. The van der Waals surface area contributed by atoms with Crippen molar-refractivity contribution in [1.29, 1.82) is 0 Å². The summed E-state index contributed by atoms with van der Waals surface area (Å²) in [5.41, 5.74) is 0. The zero-order valence-electron chi connectivity index (χ0n) is 14.0. The number of rotatable bonds is 8. The van der Waals surface area contributed by atoms with E-state index in [0.29, 0.717) is 18.3 Å². The van der Waals surface area contributed by atoms with Gasteiger partial charge in [0.15, 0.2) is 5.78 Å². The van der Waals surface area contributed by atoms with Gasteiger partial charge in [-0.05, 0) is 32.4 Å². The van der Waals surface area contributed by atoms with Crippen LogP contribution in [-0.4, -0.2) is 56.0 Å². The SMILES string of the molecule is CCC(C)C(C)CC(=O)NC1C(=O)COC1CCN(C)C. The summed E-state index contributed by atoms with van der Waals surface area (Å²) in [5, 5.41) is 2.88. The highest BCUT2D eigenvalue weighted by molar-refractivity contribution is 5.91. The first kappa shape index (κ1) is 18.1. The van der Waals surface area contributed by atoms with Crippen LogP contribution in [0.25, 0.3) is 0 Å². The number of hydrogen-bond donors (Lipinski definition) is 1. The minimum absolute atomic E-state index is 0.0108. The molecule has 4 unspecified atom stereocenters. The molecule has 122 valence electrons. The summed E-state index contributed by atoms with van der Waals surface area (Å²) in [5.74, 6) is 0.785. The van der Waals surface area contributed by atoms with E-state index in [0.717, 1.165) is 19.4 Å². The van der Waals surface area contributed by atoms with Gasteiger partial charge in [-0.1, -0.05) is 27.2 Å². The number of carbonyl (C=O) groups is 2. The fourth-order valence-electron chi connectivity index (χ4n) is 2.52. The first-order chi connectivity index (χ1) is 9.85. The predicted molar refractivity (Wildman–Crippen MR) is 83.1 cm³/mol. The lowest BCUT2D eigenvalue weighted by molar-refractivity contribution is -0.127. The van der Waals surface area contributed by atoms with Gasteiger partial charge < -0.3 is 15.0 Å². The van der Waals surface area contributed by atoms with Gasteiger partial charge in [0, 0.05) is 13.0 Å². The molecule has 4 atom stereocenters. The van der Waals surface area contributed by atoms with E-state index in [9.17, 15) is 9.59 Å². The van der Waals surface area contributed by atoms with E-state index >= 15 is 0 Å². The zero-order chi connectivity index (χ0) is 16.0. The second-order valence-electron chi connectivity index (χ2n) is 6.52. The van der Waals surface area contributed by atoms with E-state index in [4.69, 9.17) is 4.74 Å². The molecule has 21 heavy (non-hydrogen) atoms. The molecule has 0 aromatic rings. The van der Waals surface area contributed by atoms with Crippen molar-refractivity contribution < 1.29 is 14.3 Å². The summed E-state index contributed by atoms with van der Waals surface area (Å²) in [4.78, 5) is 26.1. The molecule has 1 fully saturated rings. The van der Waals surface area contributed by atoms with Gasteiger partial charge >= 0.3 is 0 Å². The molecule has 1 saturated heterocycles. The molecule has 5 nitrogen and oxygen atoms in total. The lowest BCUT2D eigenvalue weighted by Crippen LogP contribution is -2.46. The summed E-state index contributed by atoms with van der Waals surface area (Å²) >= 11 is 0. The van der Waals surface area contributed by atoms with E-state index in [1.807, 2.05) is 14.1 Å². The van der Waals surface area contributed by atoms with Crippen LogP contribution in [0.4, 0.5) is 0 Å². The molecular weight excluding hydrogens is 268 g/mol. The molecule has 1 N–H and O–H groups in total. The second-order valence-corrected chi connectivity index (χ2v) is 6.52. The lowest BCUT2D eigenvalue weighted by Gasteiger charge is -2.22. The number of amides is 1. The highest BCUT2D eigenvalue weighted by atomic mass is 16.5.